The van der Waals surface area contributed by atoms with E-state index in [0.29, 0.717) is 17.4 Å². The van der Waals surface area contributed by atoms with Crippen molar-refractivity contribution in [2.75, 3.05) is 40.9 Å². The molecule has 0 aromatic heterocycles. The van der Waals surface area contributed by atoms with Crippen LogP contribution in [0.1, 0.15) is 200 Å². The van der Waals surface area contributed by atoms with Crippen LogP contribution in [0, 0.1) is 0 Å². The minimum Gasteiger partial charge on any atom is -0.387 e. The molecule has 0 saturated heterocycles. The van der Waals surface area contributed by atoms with Gasteiger partial charge in [0, 0.05) is 6.42 Å². The van der Waals surface area contributed by atoms with Crippen molar-refractivity contribution in [1.82, 2.24) is 5.32 Å². The highest BCUT2D eigenvalue weighted by atomic mass is 31.2. The van der Waals surface area contributed by atoms with Gasteiger partial charge in [0.05, 0.1) is 39.9 Å². The van der Waals surface area contributed by atoms with Crippen LogP contribution in [0.15, 0.2) is 97.2 Å². The molecule has 0 aliphatic carbocycles. The summed E-state index contributed by atoms with van der Waals surface area (Å²) >= 11 is 0. The Morgan fingerprint density at radius 3 is 1.42 bits per heavy atom. The van der Waals surface area contributed by atoms with Gasteiger partial charge in [-0.2, -0.15) is 0 Å². The summed E-state index contributed by atoms with van der Waals surface area (Å²) in [6, 6.07) is -0.864. The van der Waals surface area contributed by atoms with Crippen LogP contribution in [0.3, 0.4) is 0 Å². The smallest absolute Gasteiger partial charge is 0.387 e. The van der Waals surface area contributed by atoms with Gasteiger partial charge in [0.2, 0.25) is 5.91 Å². The van der Waals surface area contributed by atoms with Crippen molar-refractivity contribution in [1.29, 1.82) is 0 Å². The van der Waals surface area contributed by atoms with Gasteiger partial charge in [0.1, 0.15) is 13.2 Å². The summed E-state index contributed by atoms with van der Waals surface area (Å²) < 4.78 is 23.5. The second-order valence-electron chi connectivity index (χ2n) is 18.5. The first-order chi connectivity index (χ1) is 31.5. The molecule has 1 amide bonds. The summed E-state index contributed by atoms with van der Waals surface area (Å²) in [6.07, 6.45) is 66.8. The second kappa shape index (κ2) is 46.5. The summed E-state index contributed by atoms with van der Waals surface area (Å²) in [6.45, 7) is 4.59. The first kappa shape index (κ1) is 62.4. The standard InChI is InChI=1S/C56H99N2O6P/c1-6-8-10-12-14-16-17-18-19-20-21-22-23-24-25-26-27-28-29-30-31-32-33-34-35-36-37-38-39-40-41-42-44-46-48-50-56(60)57-54(53-64-65(61,62)63-52-51-58(3,4)5)55(59)49-47-45-43-15-13-11-9-7-2/h8,10,13-16,18-19,21-22,24-25,27-28,47,49,54-55,59H,6-7,9,11-12,17,20,23,26,29-46,48,50-53H2,1-5H3,(H-,57,60,61,62)/p+1/b10-8-,15-13+,16-14-,19-18-,22-21-,25-24-,28-27-,49-47+. The minimum absolute atomic E-state index is 0.0526. The topological polar surface area (TPSA) is 105 Å². The largest absolute Gasteiger partial charge is 0.472 e. The van der Waals surface area contributed by atoms with Crippen molar-refractivity contribution < 1.29 is 32.9 Å². The molecule has 0 rings (SSSR count). The Labute approximate surface area is 400 Å². The van der Waals surface area contributed by atoms with E-state index in [2.05, 4.69) is 104 Å². The normalized spacial score (nSPS) is 14.9. The van der Waals surface area contributed by atoms with E-state index in [9.17, 15) is 19.4 Å². The fourth-order valence-corrected chi connectivity index (χ4v) is 7.66. The number of hydrogen-bond donors (Lipinski definition) is 3. The lowest BCUT2D eigenvalue weighted by molar-refractivity contribution is -0.870. The summed E-state index contributed by atoms with van der Waals surface area (Å²) in [5.41, 5.74) is 0. The van der Waals surface area contributed by atoms with Crippen molar-refractivity contribution >= 4 is 13.7 Å². The molecule has 3 N–H and O–H groups in total. The summed E-state index contributed by atoms with van der Waals surface area (Å²) in [7, 11) is 1.54. The van der Waals surface area contributed by atoms with Crippen LogP contribution in [-0.4, -0.2) is 73.4 Å². The Hall–Kier alpha value is -2.58. The van der Waals surface area contributed by atoms with Crippen LogP contribution in [0.5, 0.6) is 0 Å². The molecule has 9 heteroatoms. The highest BCUT2D eigenvalue weighted by Gasteiger charge is 2.27. The number of aliphatic hydroxyl groups is 1. The fraction of sp³-hybridized carbons (Fsp3) is 0.696. The molecule has 0 bridgehead atoms. The van der Waals surface area contributed by atoms with E-state index < -0.39 is 20.0 Å². The van der Waals surface area contributed by atoms with Gasteiger partial charge >= 0.3 is 7.82 Å². The Kier molecular flexibility index (Phi) is 44.7. The fourth-order valence-electron chi connectivity index (χ4n) is 6.93. The molecule has 3 atom stereocenters. The van der Waals surface area contributed by atoms with Crippen LogP contribution in [0.4, 0.5) is 0 Å². The summed E-state index contributed by atoms with van der Waals surface area (Å²) in [5, 5.41) is 13.7. The number of nitrogens with zero attached hydrogens (tertiary/aromatic N) is 1. The van der Waals surface area contributed by atoms with Crippen molar-refractivity contribution in [2.45, 2.75) is 212 Å². The number of phosphoric ester groups is 1. The van der Waals surface area contributed by atoms with Crippen molar-refractivity contribution in [3.63, 3.8) is 0 Å². The molecule has 65 heavy (non-hydrogen) atoms. The highest BCUT2D eigenvalue weighted by Crippen LogP contribution is 2.43. The van der Waals surface area contributed by atoms with Crippen molar-refractivity contribution in [2.24, 2.45) is 0 Å². The number of phosphoric acid groups is 1. The van der Waals surface area contributed by atoms with E-state index >= 15 is 0 Å². The van der Waals surface area contributed by atoms with Crippen LogP contribution < -0.4 is 5.32 Å². The van der Waals surface area contributed by atoms with E-state index in [4.69, 9.17) is 9.05 Å². The molecule has 0 saturated carbocycles. The zero-order valence-electron chi connectivity index (χ0n) is 42.4. The molecule has 0 aromatic rings. The van der Waals surface area contributed by atoms with Gasteiger partial charge in [-0.15, -0.1) is 0 Å². The van der Waals surface area contributed by atoms with Gasteiger partial charge < -0.3 is 19.8 Å². The Balaban J connectivity index is 3.96. The summed E-state index contributed by atoms with van der Waals surface area (Å²) in [5.74, 6) is -0.194. The maximum Gasteiger partial charge on any atom is 0.472 e. The first-order valence-electron chi connectivity index (χ1n) is 26.1. The third-order valence-corrected chi connectivity index (χ3v) is 12.0. The zero-order valence-corrected chi connectivity index (χ0v) is 43.3. The number of aliphatic hydroxyl groups excluding tert-OH is 1. The van der Waals surface area contributed by atoms with E-state index in [1.54, 1.807) is 6.08 Å². The molecular weight excluding hydrogens is 828 g/mol. The Bertz CT molecular complexity index is 1370. The number of quaternary nitrogens is 1. The Morgan fingerprint density at radius 2 is 0.938 bits per heavy atom. The monoisotopic (exact) mass is 928 g/mol. The molecule has 0 heterocycles. The number of unbranched alkanes of at least 4 members (excludes halogenated alkanes) is 19. The molecule has 0 fully saturated rings. The van der Waals surface area contributed by atoms with Crippen LogP contribution in [-0.2, 0) is 18.4 Å². The van der Waals surface area contributed by atoms with Crippen LogP contribution >= 0.6 is 7.82 Å². The molecule has 0 radical (unpaired) electrons. The zero-order chi connectivity index (χ0) is 47.8. The molecular formula is C56H100N2O6P+. The van der Waals surface area contributed by atoms with Crippen LogP contribution in [0.25, 0.3) is 0 Å². The van der Waals surface area contributed by atoms with E-state index in [0.717, 1.165) is 77.0 Å². The molecule has 0 aliphatic rings. The lowest BCUT2D eigenvalue weighted by Crippen LogP contribution is -2.45. The predicted octanol–water partition coefficient (Wildman–Crippen LogP) is 15.5. The maximum atomic E-state index is 12.9. The molecule has 0 aromatic carbocycles. The lowest BCUT2D eigenvalue weighted by Gasteiger charge is -2.25. The number of amides is 1. The average Bonchev–Trinajstić information content (AvgIpc) is 3.26. The molecule has 8 nitrogen and oxygen atoms in total. The Morgan fingerprint density at radius 1 is 0.538 bits per heavy atom. The van der Waals surface area contributed by atoms with E-state index in [1.165, 1.54) is 103 Å². The third-order valence-electron chi connectivity index (χ3n) is 11.0. The number of hydrogen-bond acceptors (Lipinski definition) is 5. The summed E-state index contributed by atoms with van der Waals surface area (Å²) in [4.78, 5) is 23.1. The van der Waals surface area contributed by atoms with E-state index in [-0.39, 0.29) is 19.1 Å². The molecule has 3 unspecified atom stereocenters. The van der Waals surface area contributed by atoms with Crippen LogP contribution in [0.2, 0.25) is 0 Å². The second-order valence-corrected chi connectivity index (χ2v) is 20.0. The van der Waals surface area contributed by atoms with Gasteiger partial charge in [-0.05, 0) is 77.0 Å². The number of carbonyl (C=O) groups excluding carboxylic acids is 1. The number of rotatable bonds is 46. The average molecular weight is 928 g/mol. The SMILES string of the molecule is CC/C=C\C/C=C\C/C=C\C/C=C\C/C=C\C/C=C\CCCCCCCCCCCCCCCCCCC(=O)NC(COP(=O)(O)OCC[N+](C)(C)C)C(O)/C=C/CC/C=C/CCCC. The quantitative estimate of drug-likeness (QED) is 0.0243. The molecule has 0 aliphatic heterocycles. The van der Waals surface area contributed by atoms with E-state index in [1.807, 2.05) is 27.2 Å². The third kappa shape index (κ3) is 49.2. The highest BCUT2D eigenvalue weighted by molar-refractivity contribution is 7.47. The molecule has 374 valence electrons. The van der Waals surface area contributed by atoms with Gasteiger partial charge in [0.25, 0.3) is 0 Å². The van der Waals surface area contributed by atoms with Crippen molar-refractivity contribution in [3.8, 4) is 0 Å². The van der Waals surface area contributed by atoms with Gasteiger partial charge in [0.15, 0.2) is 0 Å². The molecule has 0 spiro atoms. The van der Waals surface area contributed by atoms with Crippen molar-refractivity contribution in [3.05, 3.63) is 97.2 Å². The predicted molar refractivity (Wildman–Crippen MR) is 281 cm³/mol. The van der Waals surface area contributed by atoms with Gasteiger partial charge in [-0.3, -0.25) is 13.8 Å². The van der Waals surface area contributed by atoms with Gasteiger partial charge in [-0.25, -0.2) is 4.57 Å². The minimum atomic E-state index is -4.34. The number of carbonyl (C=O) groups is 1. The number of nitrogens with one attached hydrogen (secondary N) is 1. The maximum absolute atomic E-state index is 12.9. The first-order valence-corrected chi connectivity index (χ1v) is 27.6. The lowest BCUT2D eigenvalue weighted by atomic mass is 10.0. The number of allylic oxidation sites excluding steroid dienone is 15. The number of likely N-dealkylation sites (N-methyl/N-ethyl adjacent to an activating group) is 1. The van der Waals surface area contributed by atoms with Gasteiger partial charge in [-0.1, -0.05) is 214 Å².